The summed E-state index contributed by atoms with van der Waals surface area (Å²) in [6.45, 7) is 4.81. The van der Waals surface area contributed by atoms with Crippen LogP contribution in [0.2, 0.25) is 0 Å². The van der Waals surface area contributed by atoms with E-state index in [-0.39, 0.29) is 23.8 Å². The standard InChI is InChI=1S/C20H28N2O2/c1-3-15-9-5-7-11-18(15)22-13-16(12-19(22)23)20(24)21-17-10-6-4-8-14(17)2/h5,7,9,11,14,16-17H,3-4,6,8,10,12-13H2,1-2H3,(H,21,24). The molecule has 4 heteroatoms. The molecular weight excluding hydrogens is 300 g/mol. The minimum absolute atomic E-state index is 0.0542. The Morgan fingerprint density at radius 3 is 2.75 bits per heavy atom. The van der Waals surface area contributed by atoms with Gasteiger partial charge < -0.3 is 10.2 Å². The zero-order chi connectivity index (χ0) is 17.1. The first-order valence-electron chi connectivity index (χ1n) is 9.28. The van der Waals surface area contributed by atoms with Crippen molar-refractivity contribution < 1.29 is 9.59 Å². The van der Waals surface area contributed by atoms with Gasteiger partial charge in [0, 0.05) is 24.7 Å². The monoisotopic (exact) mass is 328 g/mol. The highest BCUT2D eigenvalue weighted by Gasteiger charge is 2.37. The Labute approximate surface area is 144 Å². The molecule has 2 fully saturated rings. The van der Waals surface area contributed by atoms with E-state index in [0.717, 1.165) is 24.1 Å². The van der Waals surface area contributed by atoms with E-state index in [2.05, 4.69) is 25.2 Å². The van der Waals surface area contributed by atoms with Crippen molar-refractivity contribution in [3.8, 4) is 0 Å². The summed E-state index contributed by atoms with van der Waals surface area (Å²) in [5.41, 5.74) is 2.12. The maximum absolute atomic E-state index is 12.6. The summed E-state index contributed by atoms with van der Waals surface area (Å²) in [6.07, 6.45) is 5.91. The van der Waals surface area contributed by atoms with E-state index in [9.17, 15) is 9.59 Å². The summed E-state index contributed by atoms with van der Waals surface area (Å²) >= 11 is 0. The first-order valence-corrected chi connectivity index (χ1v) is 9.28. The first-order chi connectivity index (χ1) is 11.6. The lowest BCUT2D eigenvalue weighted by molar-refractivity contribution is -0.127. The number of carbonyl (C=O) groups is 2. The van der Waals surface area contributed by atoms with Crippen molar-refractivity contribution in [3.63, 3.8) is 0 Å². The second-order valence-corrected chi connectivity index (χ2v) is 7.26. The van der Waals surface area contributed by atoms with Crippen molar-refractivity contribution in [2.75, 3.05) is 11.4 Å². The molecule has 3 unspecified atom stereocenters. The lowest BCUT2D eigenvalue weighted by Gasteiger charge is -2.30. The van der Waals surface area contributed by atoms with Gasteiger partial charge in [-0.05, 0) is 36.8 Å². The smallest absolute Gasteiger partial charge is 0.227 e. The first kappa shape index (κ1) is 17.0. The van der Waals surface area contributed by atoms with Gasteiger partial charge in [-0.3, -0.25) is 9.59 Å². The molecule has 1 aliphatic carbocycles. The van der Waals surface area contributed by atoms with E-state index < -0.39 is 0 Å². The van der Waals surface area contributed by atoms with Crippen LogP contribution in [0.15, 0.2) is 24.3 Å². The fourth-order valence-electron chi connectivity index (χ4n) is 4.02. The van der Waals surface area contributed by atoms with Crippen LogP contribution in [0.4, 0.5) is 5.69 Å². The number of para-hydroxylation sites is 1. The van der Waals surface area contributed by atoms with Crippen LogP contribution in [0.3, 0.4) is 0 Å². The molecule has 2 amide bonds. The fraction of sp³-hybridized carbons (Fsp3) is 0.600. The molecule has 0 aromatic heterocycles. The van der Waals surface area contributed by atoms with Gasteiger partial charge in [0.2, 0.25) is 11.8 Å². The number of amides is 2. The molecule has 130 valence electrons. The second-order valence-electron chi connectivity index (χ2n) is 7.26. The molecule has 1 aliphatic heterocycles. The molecule has 0 radical (unpaired) electrons. The van der Waals surface area contributed by atoms with Crippen LogP contribution in [0.25, 0.3) is 0 Å². The van der Waals surface area contributed by atoms with Gasteiger partial charge in [-0.1, -0.05) is 44.9 Å². The van der Waals surface area contributed by atoms with Gasteiger partial charge in [-0.25, -0.2) is 0 Å². The zero-order valence-electron chi connectivity index (χ0n) is 14.8. The van der Waals surface area contributed by atoms with Gasteiger partial charge in [0.1, 0.15) is 0 Å². The van der Waals surface area contributed by atoms with Crippen molar-refractivity contribution in [2.24, 2.45) is 11.8 Å². The average molecular weight is 328 g/mol. The van der Waals surface area contributed by atoms with Crippen LogP contribution >= 0.6 is 0 Å². The van der Waals surface area contributed by atoms with Gasteiger partial charge in [0.25, 0.3) is 0 Å². The number of benzene rings is 1. The third kappa shape index (κ3) is 3.47. The lowest BCUT2D eigenvalue weighted by Crippen LogP contribution is -2.44. The molecule has 2 aliphatic rings. The molecule has 0 bridgehead atoms. The minimum atomic E-state index is -0.225. The molecule has 1 N–H and O–H groups in total. The Morgan fingerprint density at radius 2 is 2.00 bits per heavy atom. The molecule has 1 aromatic rings. The van der Waals surface area contributed by atoms with E-state index in [1.165, 1.54) is 19.3 Å². The van der Waals surface area contributed by atoms with E-state index in [1.54, 1.807) is 4.90 Å². The van der Waals surface area contributed by atoms with Crippen LogP contribution in [0.1, 0.15) is 51.5 Å². The van der Waals surface area contributed by atoms with E-state index in [4.69, 9.17) is 0 Å². The van der Waals surface area contributed by atoms with Crippen molar-refractivity contribution >= 4 is 17.5 Å². The number of aryl methyl sites for hydroxylation is 1. The molecule has 0 spiro atoms. The van der Waals surface area contributed by atoms with Gasteiger partial charge in [-0.15, -0.1) is 0 Å². The summed E-state index contributed by atoms with van der Waals surface area (Å²) in [5.74, 6) is 0.430. The summed E-state index contributed by atoms with van der Waals surface area (Å²) in [5, 5.41) is 3.21. The van der Waals surface area contributed by atoms with Crippen LogP contribution in [0.5, 0.6) is 0 Å². The Balaban J connectivity index is 1.67. The molecule has 1 saturated heterocycles. The molecular formula is C20H28N2O2. The van der Waals surface area contributed by atoms with Crippen molar-refractivity contribution in [1.82, 2.24) is 5.32 Å². The fourth-order valence-corrected chi connectivity index (χ4v) is 4.02. The molecule has 3 rings (SSSR count). The summed E-state index contributed by atoms with van der Waals surface area (Å²) in [4.78, 5) is 26.9. The van der Waals surface area contributed by atoms with E-state index >= 15 is 0 Å². The number of hydrogen-bond acceptors (Lipinski definition) is 2. The Morgan fingerprint density at radius 1 is 1.25 bits per heavy atom. The molecule has 4 nitrogen and oxygen atoms in total. The topological polar surface area (TPSA) is 49.4 Å². The summed E-state index contributed by atoms with van der Waals surface area (Å²) < 4.78 is 0. The largest absolute Gasteiger partial charge is 0.353 e. The summed E-state index contributed by atoms with van der Waals surface area (Å²) in [6, 6.07) is 8.27. The number of nitrogens with one attached hydrogen (secondary N) is 1. The predicted octanol–water partition coefficient (Wildman–Crippen LogP) is 3.30. The Hall–Kier alpha value is -1.84. The second kappa shape index (κ2) is 7.37. The molecule has 3 atom stereocenters. The van der Waals surface area contributed by atoms with Crippen LogP contribution in [-0.2, 0) is 16.0 Å². The van der Waals surface area contributed by atoms with Crippen LogP contribution < -0.4 is 10.2 Å². The highest BCUT2D eigenvalue weighted by molar-refractivity contribution is 6.00. The van der Waals surface area contributed by atoms with Crippen LogP contribution in [0, 0.1) is 11.8 Å². The van der Waals surface area contributed by atoms with E-state index in [0.29, 0.717) is 18.9 Å². The molecule has 1 aromatic carbocycles. The maximum Gasteiger partial charge on any atom is 0.227 e. The third-order valence-corrected chi connectivity index (χ3v) is 5.60. The summed E-state index contributed by atoms with van der Waals surface area (Å²) in [7, 11) is 0. The molecule has 24 heavy (non-hydrogen) atoms. The normalized spacial score (nSPS) is 27.3. The van der Waals surface area contributed by atoms with Crippen molar-refractivity contribution in [3.05, 3.63) is 29.8 Å². The quantitative estimate of drug-likeness (QED) is 0.922. The Kier molecular flexibility index (Phi) is 5.22. The third-order valence-electron chi connectivity index (χ3n) is 5.60. The number of rotatable bonds is 4. The maximum atomic E-state index is 12.6. The number of anilines is 1. The van der Waals surface area contributed by atoms with Gasteiger partial charge in [-0.2, -0.15) is 0 Å². The predicted molar refractivity (Wildman–Crippen MR) is 95.8 cm³/mol. The van der Waals surface area contributed by atoms with Crippen LogP contribution in [-0.4, -0.2) is 24.4 Å². The molecule has 1 heterocycles. The lowest BCUT2D eigenvalue weighted by atomic mass is 9.85. The highest BCUT2D eigenvalue weighted by atomic mass is 16.2. The average Bonchev–Trinajstić information content (AvgIpc) is 2.98. The van der Waals surface area contributed by atoms with Gasteiger partial charge >= 0.3 is 0 Å². The SMILES string of the molecule is CCc1ccccc1N1CC(C(=O)NC2CCCCC2C)CC1=O. The number of hydrogen-bond donors (Lipinski definition) is 1. The van der Waals surface area contributed by atoms with Crippen molar-refractivity contribution in [2.45, 2.75) is 58.4 Å². The highest BCUT2D eigenvalue weighted by Crippen LogP contribution is 2.29. The molecule has 1 saturated carbocycles. The van der Waals surface area contributed by atoms with Gasteiger partial charge in [0.05, 0.1) is 5.92 Å². The van der Waals surface area contributed by atoms with E-state index in [1.807, 2.05) is 18.2 Å². The van der Waals surface area contributed by atoms with Gasteiger partial charge in [0.15, 0.2) is 0 Å². The minimum Gasteiger partial charge on any atom is -0.353 e. The Bertz CT molecular complexity index is 613. The zero-order valence-corrected chi connectivity index (χ0v) is 14.8. The number of nitrogens with zero attached hydrogens (tertiary/aromatic N) is 1. The number of carbonyl (C=O) groups excluding carboxylic acids is 2. The van der Waals surface area contributed by atoms with Crippen molar-refractivity contribution in [1.29, 1.82) is 0 Å².